The molecule has 0 radical (unpaired) electrons. The normalized spacial score (nSPS) is 12.7. The first-order valence-electron chi connectivity index (χ1n) is 5.40. The second-order valence-corrected chi connectivity index (χ2v) is 3.47. The first-order chi connectivity index (χ1) is 7.26. The minimum Gasteiger partial charge on any atom is -0.374 e. The van der Waals surface area contributed by atoms with Crippen molar-refractivity contribution in [3.05, 3.63) is 23.8 Å². The largest absolute Gasteiger partial charge is 0.374 e. The van der Waals surface area contributed by atoms with Crippen molar-refractivity contribution in [2.75, 3.05) is 6.61 Å². The molecule has 0 aromatic carbocycles. The lowest BCUT2D eigenvalue weighted by molar-refractivity contribution is 0.128. The summed E-state index contributed by atoms with van der Waals surface area (Å²) in [7, 11) is 0. The van der Waals surface area contributed by atoms with Crippen molar-refractivity contribution in [2.45, 2.75) is 39.3 Å². The van der Waals surface area contributed by atoms with Crippen LogP contribution in [0, 0.1) is 0 Å². The van der Waals surface area contributed by atoms with Gasteiger partial charge in [0.2, 0.25) is 0 Å². The summed E-state index contributed by atoms with van der Waals surface area (Å²) in [6.07, 6.45) is 3.53. The molecule has 0 aliphatic rings. The Morgan fingerprint density at radius 1 is 1.47 bits per heavy atom. The molecule has 2 N–H and O–H groups in total. The monoisotopic (exact) mass is 209 g/mol. The first kappa shape index (κ1) is 12.1. The minimum atomic E-state index is 0.180. The van der Waals surface area contributed by atoms with Gasteiger partial charge in [0, 0.05) is 31.0 Å². The maximum atomic E-state index is 5.86. The third-order valence-electron chi connectivity index (χ3n) is 2.19. The van der Waals surface area contributed by atoms with E-state index in [2.05, 4.69) is 16.9 Å². The summed E-state index contributed by atoms with van der Waals surface area (Å²) in [5, 5.41) is 0. The molecule has 1 unspecified atom stereocenters. The Labute approximate surface area is 90.9 Å². The van der Waals surface area contributed by atoms with Gasteiger partial charge < -0.3 is 10.5 Å². The van der Waals surface area contributed by atoms with E-state index in [0.717, 1.165) is 24.4 Å². The van der Waals surface area contributed by atoms with E-state index < -0.39 is 0 Å². The van der Waals surface area contributed by atoms with Crippen LogP contribution in [0.1, 0.15) is 31.8 Å². The highest BCUT2D eigenvalue weighted by Crippen LogP contribution is 2.02. The van der Waals surface area contributed by atoms with Crippen molar-refractivity contribution in [1.29, 1.82) is 0 Å². The average Bonchev–Trinajstić information content (AvgIpc) is 2.26. The summed E-state index contributed by atoms with van der Waals surface area (Å²) in [4.78, 5) is 8.52. The fourth-order valence-corrected chi connectivity index (χ4v) is 1.23. The molecule has 0 spiro atoms. The molecule has 0 fully saturated rings. The first-order valence-corrected chi connectivity index (χ1v) is 5.40. The zero-order valence-corrected chi connectivity index (χ0v) is 9.44. The Hall–Kier alpha value is -1.00. The van der Waals surface area contributed by atoms with Gasteiger partial charge in [-0.3, -0.25) is 0 Å². The van der Waals surface area contributed by atoms with Crippen LogP contribution in [0.25, 0.3) is 0 Å². The summed E-state index contributed by atoms with van der Waals surface area (Å²) in [5.74, 6) is 0.734. The Morgan fingerprint density at radius 3 is 2.93 bits per heavy atom. The maximum absolute atomic E-state index is 5.86. The van der Waals surface area contributed by atoms with Gasteiger partial charge >= 0.3 is 0 Å². The number of ether oxygens (including phenoxy) is 1. The van der Waals surface area contributed by atoms with Crippen LogP contribution in [0.3, 0.4) is 0 Å². The van der Waals surface area contributed by atoms with E-state index in [0.29, 0.717) is 13.2 Å². The van der Waals surface area contributed by atoms with Crippen molar-refractivity contribution < 1.29 is 4.74 Å². The van der Waals surface area contributed by atoms with Crippen LogP contribution < -0.4 is 5.73 Å². The van der Waals surface area contributed by atoms with E-state index in [9.17, 15) is 0 Å². The summed E-state index contributed by atoms with van der Waals surface area (Å²) < 4.78 is 5.25. The van der Waals surface area contributed by atoms with Crippen molar-refractivity contribution in [3.63, 3.8) is 0 Å². The Balaban J connectivity index is 2.57. The predicted molar refractivity (Wildman–Crippen MR) is 59.3 cm³/mol. The third-order valence-corrected chi connectivity index (χ3v) is 2.19. The van der Waals surface area contributed by atoms with Crippen molar-refractivity contribution in [1.82, 2.24) is 9.97 Å². The standard InChI is InChI=1S/C11H19N3O/c1-3-9(12)7-10-5-6-13-11(14-10)8-15-4-2/h5-6,9H,3-4,7-8,12H2,1-2H3. The van der Waals surface area contributed by atoms with E-state index >= 15 is 0 Å². The van der Waals surface area contributed by atoms with E-state index in [-0.39, 0.29) is 6.04 Å². The van der Waals surface area contributed by atoms with Gasteiger partial charge in [-0.1, -0.05) is 6.92 Å². The third kappa shape index (κ3) is 4.36. The fraction of sp³-hybridized carbons (Fsp3) is 0.636. The minimum absolute atomic E-state index is 0.180. The van der Waals surface area contributed by atoms with Crippen LogP contribution in [0.4, 0.5) is 0 Å². The number of aromatic nitrogens is 2. The molecule has 0 bridgehead atoms. The highest BCUT2D eigenvalue weighted by Gasteiger charge is 2.04. The molecule has 0 saturated heterocycles. The highest BCUT2D eigenvalue weighted by atomic mass is 16.5. The van der Waals surface area contributed by atoms with Gasteiger partial charge in [0.1, 0.15) is 6.61 Å². The molecule has 1 aromatic rings. The zero-order valence-electron chi connectivity index (χ0n) is 9.44. The lowest BCUT2D eigenvalue weighted by Gasteiger charge is -2.08. The molecule has 0 saturated carbocycles. The summed E-state index contributed by atoms with van der Waals surface area (Å²) >= 11 is 0. The van der Waals surface area contributed by atoms with Gasteiger partial charge in [-0.15, -0.1) is 0 Å². The molecule has 0 amide bonds. The topological polar surface area (TPSA) is 61.0 Å². The molecule has 0 aliphatic carbocycles. The second kappa shape index (κ2) is 6.48. The lowest BCUT2D eigenvalue weighted by Crippen LogP contribution is -2.22. The van der Waals surface area contributed by atoms with Gasteiger partial charge in [0.05, 0.1) is 0 Å². The van der Waals surface area contributed by atoms with Crippen molar-refractivity contribution in [2.24, 2.45) is 5.73 Å². The molecule has 1 aromatic heterocycles. The number of nitrogens with two attached hydrogens (primary N) is 1. The zero-order chi connectivity index (χ0) is 11.1. The van der Waals surface area contributed by atoms with Crippen molar-refractivity contribution in [3.8, 4) is 0 Å². The Bertz CT molecular complexity index is 291. The van der Waals surface area contributed by atoms with Gasteiger partial charge in [-0.25, -0.2) is 9.97 Å². The van der Waals surface area contributed by atoms with Gasteiger partial charge in [0.15, 0.2) is 5.82 Å². The molecule has 84 valence electrons. The van der Waals surface area contributed by atoms with E-state index in [1.54, 1.807) is 6.20 Å². The molecular weight excluding hydrogens is 190 g/mol. The number of nitrogens with zero attached hydrogens (tertiary/aromatic N) is 2. The van der Waals surface area contributed by atoms with E-state index in [1.807, 2.05) is 13.0 Å². The molecule has 0 aliphatic heterocycles. The molecule has 1 heterocycles. The highest BCUT2D eigenvalue weighted by molar-refractivity contribution is 5.03. The molecule has 15 heavy (non-hydrogen) atoms. The van der Waals surface area contributed by atoms with Crippen molar-refractivity contribution >= 4 is 0 Å². The SMILES string of the molecule is CCOCc1nccc(CC(N)CC)n1. The molecule has 4 nitrogen and oxygen atoms in total. The number of hydrogen-bond acceptors (Lipinski definition) is 4. The van der Waals surface area contributed by atoms with Crippen LogP contribution in [0.5, 0.6) is 0 Å². The average molecular weight is 209 g/mol. The summed E-state index contributed by atoms with van der Waals surface area (Å²) in [6, 6.07) is 2.09. The predicted octanol–water partition coefficient (Wildman–Crippen LogP) is 1.29. The van der Waals surface area contributed by atoms with Crippen LogP contribution in [-0.2, 0) is 17.8 Å². The van der Waals surface area contributed by atoms with Gasteiger partial charge in [-0.05, 0) is 19.4 Å². The smallest absolute Gasteiger partial charge is 0.154 e. The molecule has 1 rings (SSSR count). The van der Waals surface area contributed by atoms with E-state index in [4.69, 9.17) is 10.5 Å². The fourth-order valence-electron chi connectivity index (χ4n) is 1.23. The summed E-state index contributed by atoms with van der Waals surface area (Å²) in [6.45, 7) is 5.19. The van der Waals surface area contributed by atoms with Crippen LogP contribution in [0.15, 0.2) is 12.3 Å². The molecule has 1 atom stereocenters. The van der Waals surface area contributed by atoms with Crippen LogP contribution in [0.2, 0.25) is 0 Å². The Kier molecular flexibility index (Phi) is 5.21. The molecular formula is C11H19N3O. The second-order valence-electron chi connectivity index (χ2n) is 3.47. The van der Waals surface area contributed by atoms with Crippen LogP contribution >= 0.6 is 0 Å². The van der Waals surface area contributed by atoms with E-state index in [1.165, 1.54) is 0 Å². The lowest BCUT2D eigenvalue weighted by atomic mass is 10.1. The molecule has 4 heteroatoms. The number of rotatable bonds is 6. The van der Waals surface area contributed by atoms with Crippen LogP contribution in [-0.4, -0.2) is 22.6 Å². The quantitative estimate of drug-likeness (QED) is 0.767. The maximum Gasteiger partial charge on any atom is 0.154 e. The van der Waals surface area contributed by atoms with Gasteiger partial charge in [-0.2, -0.15) is 0 Å². The Morgan fingerprint density at radius 2 is 2.27 bits per heavy atom. The number of hydrogen-bond donors (Lipinski definition) is 1. The van der Waals surface area contributed by atoms with Gasteiger partial charge in [0.25, 0.3) is 0 Å². The summed E-state index contributed by atoms with van der Waals surface area (Å²) in [5.41, 5.74) is 6.86.